The molecule has 0 bridgehead atoms. The van der Waals surface area contributed by atoms with Gasteiger partial charge in [-0.25, -0.2) is 8.78 Å². The fourth-order valence-electron chi connectivity index (χ4n) is 6.27. The number of nitrogens with zero attached hydrogens (tertiary/aromatic N) is 4. The number of benzene rings is 1. The van der Waals surface area contributed by atoms with Gasteiger partial charge in [0, 0.05) is 41.5 Å². The van der Waals surface area contributed by atoms with E-state index in [1.807, 2.05) is 31.2 Å². The number of cyclic esters (lactones) is 1. The van der Waals surface area contributed by atoms with Crippen LogP contribution in [0.4, 0.5) is 8.78 Å². The third-order valence-electron chi connectivity index (χ3n) is 8.62. The second-order valence-electron chi connectivity index (χ2n) is 11.1. The molecular formula is C30H28F2N4O3. The Hall–Kier alpha value is -3.93. The second kappa shape index (κ2) is 9.08. The van der Waals surface area contributed by atoms with E-state index in [0.717, 1.165) is 29.5 Å². The Kier molecular flexibility index (Phi) is 5.90. The average molecular weight is 531 g/mol. The summed E-state index contributed by atoms with van der Waals surface area (Å²) < 4.78 is 42.7. The minimum absolute atomic E-state index is 0.0670. The molecule has 3 fully saturated rings. The SMILES string of the molecule is Cc1cccc(-c2ccc(/C=C/[C@@H]3[C@@H]4[C@@H](C)OC(=O)[C@]4(c4nnc(C5CC5)o4)CC(F)(F)[C@H]3C)nc2)c1C#N. The number of carbonyl (C=O) groups excluding carboxylic acids is 1. The second-order valence-corrected chi connectivity index (χ2v) is 11.1. The fourth-order valence-corrected chi connectivity index (χ4v) is 6.27. The normalized spacial score (nSPS) is 29.7. The van der Waals surface area contributed by atoms with Gasteiger partial charge < -0.3 is 9.15 Å². The van der Waals surface area contributed by atoms with Crippen molar-refractivity contribution in [2.75, 3.05) is 0 Å². The first-order chi connectivity index (χ1) is 18.7. The summed E-state index contributed by atoms with van der Waals surface area (Å²) in [7, 11) is 0. The van der Waals surface area contributed by atoms with Crippen LogP contribution in [0.5, 0.6) is 0 Å². The summed E-state index contributed by atoms with van der Waals surface area (Å²) in [6.07, 6.45) is 5.57. The van der Waals surface area contributed by atoms with Crippen LogP contribution >= 0.6 is 0 Å². The molecule has 5 atom stereocenters. The van der Waals surface area contributed by atoms with Crippen molar-refractivity contribution in [2.45, 2.75) is 63.4 Å². The first-order valence-electron chi connectivity index (χ1n) is 13.2. The van der Waals surface area contributed by atoms with Gasteiger partial charge in [-0.15, -0.1) is 10.2 Å². The molecule has 6 rings (SSSR count). The molecular weight excluding hydrogens is 502 g/mol. The topological polar surface area (TPSA) is 102 Å². The lowest BCUT2D eigenvalue weighted by atomic mass is 9.56. The monoisotopic (exact) mass is 530 g/mol. The maximum absolute atomic E-state index is 15.6. The van der Waals surface area contributed by atoms with E-state index >= 15 is 8.78 Å². The van der Waals surface area contributed by atoms with Crippen LogP contribution in [0.15, 0.2) is 47.0 Å². The van der Waals surface area contributed by atoms with E-state index in [4.69, 9.17) is 9.15 Å². The Morgan fingerprint density at radius 3 is 2.64 bits per heavy atom. The van der Waals surface area contributed by atoms with E-state index in [-0.39, 0.29) is 11.8 Å². The molecule has 0 radical (unpaired) electrons. The van der Waals surface area contributed by atoms with E-state index in [0.29, 0.717) is 17.1 Å². The largest absolute Gasteiger partial charge is 0.461 e. The Labute approximate surface area is 224 Å². The van der Waals surface area contributed by atoms with Crippen molar-refractivity contribution in [2.24, 2.45) is 17.8 Å². The summed E-state index contributed by atoms with van der Waals surface area (Å²) in [4.78, 5) is 17.8. The lowest BCUT2D eigenvalue weighted by Crippen LogP contribution is -2.56. The highest BCUT2D eigenvalue weighted by molar-refractivity contribution is 5.85. The third kappa shape index (κ3) is 4.05. The molecule has 1 aliphatic heterocycles. The highest BCUT2D eigenvalue weighted by Gasteiger charge is 2.71. The summed E-state index contributed by atoms with van der Waals surface area (Å²) in [6.45, 7) is 5.13. The molecule has 0 N–H and O–H groups in total. The standard InChI is InChI=1S/C30H28F2N4O3/c1-16-5-4-6-23(24(16)13-33)20-9-10-21(34-14-20)11-12-22-17(2)30(31,32)15-29(25(22)18(3)38-28(29)37)27-36-35-26(39-27)19-7-8-19/h4-6,9-12,14,17-19,22,25H,7-8,15H2,1-3H3/b12-11+/t17-,18+,22-,25-,29+/m0/s1. The molecule has 0 amide bonds. The van der Waals surface area contributed by atoms with Crippen molar-refractivity contribution in [1.82, 2.24) is 15.2 Å². The number of rotatable bonds is 5. The summed E-state index contributed by atoms with van der Waals surface area (Å²) in [6, 6.07) is 11.5. The minimum atomic E-state index is -3.17. The van der Waals surface area contributed by atoms with Crippen LogP contribution in [-0.4, -0.2) is 33.2 Å². The fraction of sp³-hybridized carbons (Fsp3) is 0.433. The number of esters is 1. The first-order valence-corrected chi connectivity index (χ1v) is 13.2. The molecule has 39 heavy (non-hydrogen) atoms. The molecule has 0 spiro atoms. The zero-order valence-electron chi connectivity index (χ0n) is 21.9. The summed E-state index contributed by atoms with van der Waals surface area (Å²) >= 11 is 0. The number of halogens is 2. The Balaban J connectivity index is 1.35. The predicted octanol–water partition coefficient (Wildman–Crippen LogP) is 5.99. The molecule has 2 saturated carbocycles. The van der Waals surface area contributed by atoms with E-state index < -0.39 is 47.6 Å². The number of nitriles is 1. The van der Waals surface area contributed by atoms with Gasteiger partial charge in [-0.3, -0.25) is 9.78 Å². The van der Waals surface area contributed by atoms with Crippen LogP contribution in [0, 0.1) is 36.0 Å². The van der Waals surface area contributed by atoms with Crippen LogP contribution in [0.1, 0.15) is 67.6 Å². The molecule has 7 nitrogen and oxygen atoms in total. The number of pyridine rings is 1. The third-order valence-corrected chi connectivity index (χ3v) is 8.62. The summed E-state index contributed by atoms with van der Waals surface area (Å²) in [5, 5.41) is 17.8. The number of aromatic nitrogens is 3. The lowest BCUT2D eigenvalue weighted by Gasteiger charge is -2.46. The van der Waals surface area contributed by atoms with Crippen molar-refractivity contribution >= 4 is 12.0 Å². The maximum Gasteiger partial charge on any atom is 0.322 e. The highest BCUT2D eigenvalue weighted by atomic mass is 19.3. The number of carbonyl (C=O) groups is 1. The van der Waals surface area contributed by atoms with E-state index in [1.165, 1.54) is 6.92 Å². The minimum Gasteiger partial charge on any atom is -0.461 e. The Bertz CT molecular complexity index is 1510. The molecule has 3 heterocycles. The van der Waals surface area contributed by atoms with Gasteiger partial charge in [0.2, 0.25) is 11.8 Å². The molecule has 2 aliphatic carbocycles. The van der Waals surface area contributed by atoms with Gasteiger partial charge in [0.15, 0.2) is 5.41 Å². The average Bonchev–Trinajstić information content (AvgIpc) is 3.58. The Morgan fingerprint density at radius 2 is 1.95 bits per heavy atom. The van der Waals surface area contributed by atoms with Crippen molar-refractivity contribution in [1.29, 1.82) is 5.26 Å². The summed E-state index contributed by atoms with van der Waals surface area (Å²) in [5.74, 6) is -5.81. The van der Waals surface area contributed by atoms with Crippen molar-refractivity contribution in [3.8, 4) is 17.2 Å². The molecule has 1 aromatic carbocycles. The van der Waals surface area contributed by atoms with Gasteiger partial charge in [0.25, 0.3) is 5.92 Å². The van der Waals surface area contributed by atoms with Gasteiger partial charge in [0.1, 0.15) is 12.2 Å². The molecule has 3 aromatic rings. The molecule has 2 aromatic heterocycles. The van der Waals surface area contributed by atoms with Gasteiger partial charge >= 0.3 is 5.97 Å². The summed E-state index contributed by atoms with van der Waals surface area (Å²) in [5.41, 5.74) is 1.90. The number of ether oxygens (including phenoxy) is 1. The number of allylic oxidation sites excluding steroid dienone is 1. The van der Waals surface area contributed by atoms with Crippen LogP contribution in [0.25, 0.3) is 17.2 Å². The van der Waals surface area contributed by atoms with Crippen molar-refractivity contribution in [3.63, 3.8) is 0 Å². The van der Waals surface area contributed by atoms with Crippen molar-refractivity contribution in [3.05, 3.63) is 71.2 Å². The number of hydrogen-bond acceptors (Lipinski definition) is 7. The predicted molar refractivity (Wildman–Crippen MR) is 137 cm³/mol. The lowest BCUT2D eigenvalue weighted by molar-refractivity contribution is -0.159. The van der Waals surface area contributed by atoms with Gasteiger partial charge in [0.05, 0.1) is 11.3 Å². The van der Waals surface area contributed by atoms with Crippen LogP contribution in [0.2, 0.25) is 0 Å². The number of hydrogen-bond donors (Lipinski definition) is 0. The van der Waals surface area contributed by atoms with Gasteiger partial charge in [-0.2, -0.15) is 5.26 Å². The van der Waals surface area contributed by atoms with E-state index in [9.17, 15) is 10.1 Å². The zero-order chi connectivity index (χ0) is 27.5. The molecule has 1 saturated heterocycles. The zero-order valence-corrected chi connectivity index (χ0v) is 21.9. The van der Waals surface area contributed by atoms with Crippen LogP contribution in [0.3, 0.4) is 0 Å². The number of alkyl halides is 2. The molecule has 0 unspecified atom stereocenters. The maximum atomic E-state index is 15.6. The molecule has 200 valence electrons. The van der Waals surface area contributed by atoms with Gasteiger partial charge in [-0.1, -0.05) is 37.3 Å². The molecule has 9 heteroatoms. The van der Waals surface area contributed by atoms with Crippen molar-refractivity contribution < 1.29 is 22.7 Å². The Morgan fingerprint density at radius 1 is 1.15 bits per heavy atom. The highest BCUT2D eigenvalue weighted by Crippen LogP contribution is 2.60. The quantitative estimate of drug-likeness (QED) is 0.373. The smallest absolute Gasteiger partial charge is 0.322 e. The van der Waals surface area contributed by atoms with Gasteiger partial charge in [-0.05, 0) is 50.3 Å². The van der Waals surface area contributed by atoms with Crippen LogP contribution in [-0.2, 0) is 14.9 Å². The number of aryl methyl sites for hydroxylation is 1. The first kappa shape index (κ1) is 25.4. The van der Waals surface area contributed by atoms with Crippen LogP contribution < -0.4 is 0 Å². The van der Waals surface area contributed by atoms with E-state index in [1.54, 1.807) is 31.3 Å². The number of fused-ring (bicyclic) bond motifs is 1. The van der Waals surface area contributed by atoms with E-state index in [2.05, 4.69) is 21.3 Å². The molecule has 3 aliphatic rings.